The van der Waals surface area contributed by atoms with Crippen molar-refractivity contribution in [1.29, 1.82) is 10.5 Å². The fourth-order valence-electron chi connectivity index (χ4n) is 3.54. The predicted molar refractivity (Wildman–Crippen MR) is 97.5 cm³/mol. The molecule has 7 nitrogen and oxygen atoms in total. The number of benzene rings is 1. The predicted octanol–water partition coefficient (Wildman–Crippen LogP) is 1.27. The number of nitrogens with zero attached hydrogens (tertiary/aromatic N) is 4. The normalized spacial score (nSPS) is 14.7. The highest BCUT2D eigenvalue weighted by Crippen LogP contribution is 2.31. The molecule has 3 rings (SSSR count). The molecule has 1 saturated heterocycles. The van der Waals surface area contributed by atoms with Gasteiger partial charge in [-0.2, -0.15) is 10.5 Å². The fourth-order valence-corrected chi connectivity index (χ4v) is 3.54. The number of fused-ring (bicyclic) bond motifs is 1. The van der Waals surface area contributed by atoms with Crippen LogP contribution >= 0.6 is 0 Å². The Bertz CT molecular complexity index is 988. The van der Waals surface area contributed by atoms with Crippen molar-refractivity contribution in [2.45, 2.75) is 12.8 Å². The Morgan fingerprint density at radius 1 is 1.27 bits per heavy atom. The summed E-state index contributed by atoms with van der Waals surface area (Å²) in [5.41, 5.74) is 1.26. The van der Waals surface area contributed by atoms with Crippen LogP contribution in [0.5, 0.6) is 0 Å². The summed E-state index contributed by atoms with van der Waals surface area (Å²) in [4.78, 5) is 26.7. The number of carbonyl (C=O) groups excluding carboxylic acids is 1. The summed E-state index contributed by atoms with van der Waals surface area (Å²) >= 11 is 0. The number of hydrogen-bond acceptors (Lipinski definition) is 5. The van der Waals surface area contributed by atoms with Crippen LogP contribution < -0.4 is 15.8 Å². The van der Waals surface area contributed by atoms with Crippen LogP contribution in [0.3, 0.4) is 0 Å². The van der Waals surface area contributed by atoms with Crippen LogP contribution in [0.4, 0.5) is 5.69 Å². The number of rotatable bonds is 3. The molecule has 0 bridgehead atoms. The molecule has 1 aliphatic heterocycles. The van der Waals surface area contributed by atoms with Gasteiger partial charge in [-0.05, 0) is 18.9 Å². The highest BCUT2D eigenvalue weighted by atomic mass is 16.2. The summed E-state index contributed by atoms with van der Waals surface area (Å²) < 4.78 is 1.50. The maximum Gasteiger partial charge on any atom is 0.270 e. The first-order valence-electron chi connectivity index (χ1n) is 8.50. The highest BCUT2D eigenvalue weighted by Gasteiger charge is 2.28. The average molecular weight is 349 g/mol. The summed E-state index contributed by atoms with van der Waals surface area (Å²) in [6.45, 7) is 1.17. The zero-order valence-electron chi connectivity index (χ0n) is 14.5. The zero-order valence-corrected chi connectivity index (χ0v) is 14.5. The van der Waals surface area contributed by atoms with Gasteiger partial charge in [0.05, 0.1) is 17.3 Å². The van der Waals surface area contributed by atoms with Gasteiger partial charge in [0.15, 0.2) is 0 Å². The van der Waals surface area contributed by atoms with Gasteiger partial charge in [-0.3, -0.25) is 9.59 Å². The number of nitrogens with one attached hydrogen (secondary N) is 1. The number of amides is 1. The number of para-hydroxylation sites is 1. The van der Waals surface area contributed by atoms with Gasteiger partial charge in [-0.1, -0.05) is 18.2 Å². The largest absolute Gasteiger partial charge is 0.370 e. The van der Waals surface area contributed by atoms with Gasteiger partial charge in [0.25, 0.3) is 5.56 Å². The first kappa shape index (κ1) is 17.5. The average Bonchev–Trinajstić information content (AvgIpc) is 2.68. The van der Waals surface area contributed by atoms with Crippen LogP contribution in [-0.4, -0.2) is 30.1 Å². The highest BCUT2D eigenvalue weighted by molar-refractivity contribution is 5.95. The molecule has 0 radical (unpaired) electrons. The van der Waals surface area contributed by atoms with Gasteiger partial charge in [0.1, 0.15) is 18.2 Å². The first-order valence-corrected chi connectivity index (χ1v) is 8.50. The molecule has 0 atom stereocenters. The maximum atomic E-state index is 12.6. The molecule has 1 aromatic carbocycles. The van der Waals surface area contributed by atoms with E-state index in [0.717, 1.165) is 10.9 Å². The summed E-state index contributed by atoms with van der Waals surface area (Å²) in [6.07, 6.45) is 1.23. The SMILES string of the molecule is Cn1c(=O)c(C#N)c(N2CCC(C(=O)NCC#N)CC2)c2ccccc21. The molecule has 0 saturated carbocycles. The summed E-state index contributed by atoms with van der Waals surface area (Å²) in [7, 11) is 1.67. The first-order chi connectivity index (χ1) is 12.6. The molecule has 1 aliphatic rings. The number of aryl methyl sites for hydroxylation is 1. The van der Waals surface area contributed by atoms with E-state index in [-0.39, 0.29) is 29.5 Å². The van der Waals surface area contributed by atoms with Crippen LogP contribution in [-0.2, 0) is 11.8 Å². The van der Waals surface area contributed by atoms with Crippen molar-refractivity contribution in [3.8, 4) is 12.1 Å². The Kier molecular flexibility index (Phi) is 4.90. The fraction of sp³-hybridized carbons (Fsp3) is 0.368. The number of carbonyl (C=O) groups is 1. The van der Waals surface area contributed by atoms with Gasteiger partial charge in [0, 0.05) is 31.4 Å². The van der Waals surface area contributed by atoms with Crippen LogP contribution in [0.25, 0.3) is 10.9 Å². The number of hydrogen-bond donors (Lipinski definition) is 1. The molecule has 0 spiro atoms. The molecule has 1 aromatic heterocycles. The van der Waals surface area contributed by atoms with Crippen molar-refractivity contribution in [2.75, 3.05) is 24.5 Å². The standard InChI is InChI=1S/C19H19N5O2/c1-23-16-5-3-2-4-14(16)17(15(12-21)19(23)26)24-10-6-13(7-11-24)18(25)22-9-8-20/h2-5,13H,6-7,9-11H2,1H3,(H,22,25). The molecule has 2 heterocycles. The van der Waals surface area contributed by atoms with Gasteiger partial charge in [0.2, 0.25) is 5.91 Å². The molecule has 1 N–H and O–H groups in total. The van der Waals surface area contributed by atoms with E-state index in [1.807, 2.05) is 35.2 Å². The summed E-state index contributed by atoms with van der Waals surface area (Å²) in [5, 5.41) is 21.6. The molecule has 2 aromatic rings. The molecule has 7 heteroatoms. The minimum absolute atomic E-state index is 0.0109. The summed E-state index contributed by atoms with van der Waals surface area (Å²) in [5.74, 6) is -0.261. The third kappa shape index (κ3) is 3.00. The van der Waals surface area contributed by atoms with Gasteiger partial charge in [-0.25, -0.2) is 0 Å². The van der Waals surface area contributed by atoms with Crippen molar-refractivity contribution >= 4 is 22.5 Å². The van der Waals surface area contributed by atoms with Crippen LogP contribution in [0.1, 0.15) is 18.4 Å². The molecular weight excluding hydrogens is 330 g/mol. The van der Waals surface area contributed by atoms with E-state index in [9.17, 15) is 14.9 Å². The van der Waals surface area contributed by atoms with E-state index < -0.39 is 0 Å². The third-order valence-corrected chi connectivity index (χ3v) is 4.91. The van der Waals surface area contributed by atoms with Gasteiger partial charge in [-0.15, -0.1) is 0 Å². The minimum Gasteiger partial charge on any atom is -0.370 e. The Balaban J connectivity index is 1.94. The second-order valence-electron chi connectivity index (χ2n) is 6.35. The maximum absolute atomic E-state index is 12.6. The molecule has 1 fully saturated rings. The minimum atomic E-state index is -0.310. The van der Waals surface area contributed by atoms with Crippen LogP contribution in [0.15, 0.2) is 29.1 Å². The molecule has 132 valence electrons. The number of nitriles is 2. The van der Waals surface area contributed by atoms with E-state index in [0.29, 0.717) is 31.6 Å². The monoisotopic (exact) mass is 349 g/mol. The lowest BCUT2D eigenvalue weighted by Gasteiger charge is -2.34. The smallest absolute Gasteiger partial charge is 0.270 e. The lowest BCUT2D eigenvalue weighted by atomic mass is 9.94. The lowest BCUT2D eigenvalue weighted by molar-refractivity contribution is -0.125. The van der Waals surface area contributed by atoms with Gasteiger partial charge >= 0.3 is 0 Å². The topological polar surface area (TPSA) is 102 Å². The second-order valence-corrected chi connectivity index (χ2v) is 6.35. The number of piperidine rings is 1. The molecule has 0 aliphatic carbocycles. The Morgan fingerprint density at radius 3 is 2.62 bits per heavy atom. The zero-order chi connectivity index (χ0) is 18.7. The Labute approximate surface area is 151 Å². The quantitative estimate of drug-likeness (QED) is 0.841. The Hall–Kier alpha value is -3.32. The number of aromatic nitrogens is 1. The Morgan fingerprint density at radius 2 is 1.96 bits per heavy atom. The van der Waals surface area contributed by atoms with Crippen molar-refractivity contribution in [3.05, 3.63) is 40.2 Å². The van der Waals surface area contributed by atoms with Crippen molar-refractivity contribution < 1.29 is 4.79 Å². The molecule has 0 unspecified atom stereocenters. The number of anilines is 1. The van der Waals surface area contributed by atoms with Crippen molar-refractivity contribution in [2.24, 2.45) is 13.0 Å². The van der Waals surface area contributed by atoms with Gasteiger partial charge < -0.3 is 14.8 Å². The van der Waals surface area contributed by atoms with Crippen LogP contribution in [0.2, 0.25) is 0 Å². The van der Waals surface area contributed by atoms with E-state index >= 15 is 0 Å². The van der Waals surface area contributed by atoms with E-state index in [1.165, 1.54) is 4.57 Å². The van der Waals surface area contributed by atoms with E-state index in [2.05, 4.69) is 11.4 Å². The van der Waals surface area contributed by atoms with Crippen molar-refractivity contribution in [3.63, 3.8) is 0 Å². The second kappa shape index (κ2) is 7.28. The van der Waals surface area contributed by atoms with E-state index in [1.54, 1.807) is 7.05 Å². The molecule has 26 heavy (non-hydrogen) atoms. The lowest BCUT2D eigenvalue weighted by Crippen LogP contribution is -2.41. The third-order valence-electron chi connectivity index (χ3n) is 4.91. The molecular formula is C19H19N5O2. The number of pyridine rings is 1. The van der Waals surface area contributed by atoms with Crippen LogP contribution in [0, 0.1) is 28.6 Å². The summed E-state index contributed by atoms with van der Waals surface area (Å²) in [6, 6.07) is 11.5. The van der Waals surface area contributed by atoms with Crippen molar-refractivity contribution in [1.82, 2.24) is 9.88 Å². The van der Waals surface area contributed by atoms with E-state index in [4.69, 9.17) is 5.26 Å². The molecule has 1 amide bonds.